The third kappa shape index (κ3) is 7.21. The Hall–Kier alpha value is -2.33. The van der Waals surface area contributed by atoms with Crippen LogP contribution in [0, 0.1) is 6.92 Å². The Kier molecular flexibility index (Phi) is 8.12. The molecule has 4 nitrogen and oxygen atoms in total. The van der Waals surface area contributed by atoms with Crippen LogP contribution in [0.3, 0.4) is 0 Å². The third-order valence-corrected chi connectivity index (χ3v) is 5.67. The van der Waals surface area contributed by atoms with Crippen molar-refractivity contribution in [3.05, 3.63) is 65.2 Å². The molecule has 1 amide bonds. The lowest BCUT2D eigenvalue weighted by molar-refractivity contribution is -0.122. The Morgan fingerprint density at radius 1 is 1.03 bits per heavy atom. The molecule has 1 fully saturated rings. The van der Waals surface area contributed by atoms with Gasteiger partial charge in [-0.05, 0) is 75.4 Å². The van der Waals surface area contributed by atoms with E-state index in [1.807, 2.05) is 12.1 Å². The van der Waals surface area contributed by atoms with E-state index in [1.54, 1.807) is 7.11 Å². The topological polar surface area (TPSA) is 41.6 Å². The lowest BCUT2D eigenvalue weighted by Gasteiger charge is -2.25. The molecule has 0 radical (unpaired) electrons. The van der Waals surface area contributed by atoms with E-state index < -0.39 is 0 Å². The van der Waals surface area contributed by atoms with E-state index in [1.165, 1.54) is 29.5 Å². The number of benzene rings is 2. The Balaban J connectivity index is 1.51. The number of rotatable bonds is 10. The minimum Gasteiger partial charge on any atom is -0.497 e. The zero-order chi connectivity index (χ0) is 20.5. The number of carbonyl (C=O) groups excluding carboxylic acids is 1. The van der Waals surface area contributed by atoms with E-state index in [2.05, 4.69) is 53.5 Å². The Bertz CT molecular complexity index is 749. The fourth-order valence-electron chi connectivity index (χ4n) is 3.99. The standard InChI is InChI=1S/C25H34N2O2/c1-20-8-10-21(11-9-20)6-5-7-25(28)26-23(19-27-16-3-4-17-27)18-22-12-14-24(29-2)15-13-22/h8-15,23H,3-7,16-19H2,1-2H3,(H,26,28)/t23-/m0/s1. The van der Waals surface area contributed by atoms with Crippen LogP contribution in [0.2, 0.25) is 0 Å². The van der Waals surface area contributed by atoms with Crippen LogP contribution in [-0.4, -0.2) is 43.6 Å². The van der Waals surface area contributed by atoms with Crippen molar-refractivity contribution in [2.24, 2.45) is 0 Å². The molecule has 1 aliphatic rings. The van der Waals surface area contributed by atoms with E-state index in [9.17, 15) is 4.79 Å². The molecule has 0 aromatic heterocycles. The smallest absolute Gasteiger partial charge is 0.220 e. The SMILES string of the molecule is COc1ccc(C[C@@H](CN2CCCC2)NC(=O)CCCc2ccc(C)cc2)cc1. The van der Waals surface area contributed by atoms with E-state index in [4.69, 9.17) is 4.74 Å². The Morgan fingerprint density at radius 2 is 1.69 bits per heavy atom. The number of hydrogen-bond acceptors (Lipinski definition) is 3. The second-order valence-electron chi connectivity index (χ2n) is 8.16. The molecular formula is C25H34N2O2. The van der Waals surface area contributed by atoms with Crippen LogP contribution in [0.4, 0.5) is 0 Å². The number of aryl methyl sites for hydroxylation is 2. The molecule has 4 heteroatoms. The zero-order valence-corrected chi connectivity index (χ0v) is 17.8. The largest absolute Gasteiger partial charge is 0.497 e. The predicted octanol–water partition coefficient (Wildman–Crippen LogP) is 4.15. The van der Waals surface area contributed by atoms with Crippen molar-refractivity contribution >= 4 is 5.91 Å². The molecule has 0 saturated carbocycles. The maximum absolute atomic E-state index is 12.6. The predicted molar refractivity (Wildman–Crippen MR) is 118 cm³/mol. The minimum atomic E-state index is 0.147. The second-order valence-corrected chi connectivity index (χ2v) is 8.16. The van der Waals surface area contributed by atoms with Gasteiger partial charge in [-0.2, -0.15) is 0 Å². The molecule has 0 spiro atoms. The number of hydrogen-bond donors (Lipinski definition) is 1. The van der Waals surface area contributed by atoms with Gasteiger partial charge in [-0.25, -0.2) is 0 Å². The summed E-state index contributed by atoms with van der Waals surface area (Å²) in [6.45, 7) is 5.31. The zero-order valence-electron chi connectivity index (χ0n) is 17.8. The first-order valence-electron chi connectivity index (χ1n) is 10.8. The normalized spacial score (nSPS) is 15.2. The monoisotopic (exact) mass is 394 g/mol. The van der Waals surface area contributed by atoms with Crippen molar-refractivity contribution in [2.45, 2.75) is 51.5 Å². The van der Waals surface area contributed by atoms with Crippen LogP contribution < -0.4 is 10.1 Å². The highest BCUT2D eigenvalue weighted by Gasteiger charge is 2.19. The van der Waals surface area contributed by atoms with Crippen LogP contribution in [0.1, 0.15) is 42.4 Å². The van der Waals surface area contributed by atoms with Crippen LogP contribution in [0.15, 0.2) is 48.5 Å². The number of nitrogens with one attached hydrogen (secondary N) is 1. The number of likely N-dealkylation sites (tertiary alicyclic amines) is 1. The Labute approximate surface area is 175 Å². The van der Waals surface area contributed by atoms with E-state index >= 15 is 0 Å². The van der Waals surface area contributed by atoms with Crippen molar-refractivity contribution in [1.29, 1.82) is 0 Å². The number of carbonyl (C=O) groups is 1. The van der Waals surface area contributed by atoms with Gasteiger partial charge >= 0.3 is 0 Å². The fraction of sp³-hybridized carbons (Fsp3) is 0.480. The van der Waals surface area contributed by atoms with Gasteiger partial charge in [0.15, 0.2) is 0 Å². The van der Waals surface area contributed by atoms with Gasteiger partial charge < -0.3 is 15.0 Å². The molecule has 0 bridgehead atoms. The van der Waals surface area contributed by atoms with Gasteiger partial charge in [0, 0.05) is 19.0 Å². The average molecular weight is 395 g/mol. The maximum atomic E-state index is 12.6. The molecule has 1 saturated heterocycles. The summed E-state index contributed by atoms with van der Waals surface area (Å²) < 4.78 is 5.26. The first-order valence-corrected chi connectivity index (χ1v) is 10.8. The summed E-state index contributed by atoms with van der Waals surface area (Å²) in [5.74, 6) is 1.03. The molecule has 29 heavy (non-hydrogen) atoms. The van der Waals surface area contributed by atoms with Gasteiger partial charge in [-0.1, -0.05) is 42.0 Å². The first kappa shape index (κ1) is 21.4. The first-order chi connectivity index (χ1) is 14.1. The number of nitrogens with zero attached hydrogens (tertiary/aromatic N) is 1. The molecule has 1 N–H and O–H groups in total. The summed E-state index contributed by atoms with van der Waals surface area (Å²) >= 11 is 0. The lowest BCUT2D eigenvalue weighted by Crippen LogP contribution is -2.44. The summed E-state index contributed by atoms with van der Waals surface area (Å²) in [5, 5.41) is 3.30. The summed E-state index contributed by atoms with van der Waals surface area (Å²) in [7, 11) is 1.68. The number of amides is 1. The minimum absolute atomic E-state index is 0.147. The van der Waals surface area contributed by atoms with Crippen molar-refractivity contribution < 1.29 is 9.53 Å². The highest BCUT2D eigenvalue weighted by molar-refractivity contribution is 5.76. The van der Waals surface area contributed by atoms with Crippen LogP contribution in [-0.2, 0) is 17.6 Å². The van der Waals surface area contributed by atoms with Gasteiger partial charge in [-0.3, -0.25) is 4.79 Å². The van der Waals surface area contributed by atoms with E-state index in [0.717, 1.165) is 44.6 Å². The molecule has 1 heterocycles. The van der Waals surface area contributed by atoms with E-state index in [0.29, 0.717) is 6.42 Å². The summed E-state index contributed by atoms with van der Waals surface area (Å²) in [6.07, 6.45) is 5.79. The van der Waals surface area contributed by atoms with Crippen molar-refractivity contribution in [3.8, 4) is 5.75 Å². The molecule has 1 aliphatic heterocycles. The van der Waals surface area contributed by atoms with Gasteiger partial charge in [0.25, 0.3) is 0 Å². The molecule has 2 aromatic carbocycles. The van der Waals surface area contributed by atoms with Crippen LogP contribution in [0.5, 0.6) is 5.75 Å². The van der Waals surface area contributed by atoms with Crippen LogP contribution >= 0.6 is 0 Å². The number of methoxy groups -OCH3 is 1. The van der Waals surface area contributed by atoms with Gasteiger partial charge in [0.1, 0.15) is 5.75 Å². The Morgan fingerprint density at radius 3 is 2.34 bits per heavy atom. The quantitative estimate of drug-likeness (QED) is 0.658. The highest BCUT2D eigenvalue weighted by atomic mass is 16.5. The summed E-state index contributed by atoms with van der Waals surface area (Å²) in [5.41, 5.74) is 3.81. The third-order valence-electron chi connectivity index (χ3n) is 5.67. The molecule has 2 aromatic rings. The van der Waals surface area contributed by atoms with Gasteiger partial charge in [0.05, 0.1) is 7.11 Å². The van der Waals surface area contributed by atoms with Crippen LogP contribution in [0.25, 0.3) is 0 Å². The molecule has 1 atom stereocenters. The molecule has 156 valence electrons. The van der Waals surface area contributed by atoms with E-state index in [-0.39, 0.29) is 11.9 Å². The molecule has 3 rings (SSSR count). The molecule has 0 unspecified atom stereocenters. The highest BCUT2D eigenvalue weighted by Crippen LogP contribution is 2.15. The lowest BCUT2D eigenvalue weighted by atomic mass is 10.0. The number of ether oxygens (including phenoxy) is 1. The van der Waals surface area contributed by atoms with Gasteiger partial charge in [0.2, 0.25) is 5.91 Å². The van der Waals surface area contributed by atoms with Gasteiger partial charge in [-0.15, -0.1) is 0 Å². The maximum Gasteiger partial charge on any atom is 0.220 e. The summed E-state index contributed by atoms with van der Waals surface area (Å²) in [4.78, 5) is 15.1. The average Bonchev–Trinajstić information content (AvgIpc) is 3.23. The van der Waals surface area contributed by atoms with Crippen molar-refractivity contribution in [2.75, 3.05) is 26.7 Å². The summed E-state index contributed by atoms with van der Waals surface area (Å²) in [6, 6.07) is 16.9. The van der Waals surface area contributed by atoms with Crippen molar-refractivity contribution in [1.82, 2.24) is 10.2 Å². The molecular weight excluding hydrogens is 360 g/mol. The molecule has 0 aliphatic carbocycles. The fourth-order valence-corrected chi connectivity index (χ4v) is 3.99. The van der Waals surface area contributed by atoms with Crippen molar-refractivity contribution in [3.63, 3.8) is 0 Å². The second kappa shape index (κ2) is 11.0.